The Morgan fingerprint density at radius 3 is 2.69 bits per heavy atom. The van der Waals surface area contributed by atoms with Crippen molar-refractivity contribution in [2.45, 2.75) is 37.8 Å². The minimum atomic E-state index is -4.50. The fraction of sp³-hybridized carbons (Fsp3) is 0.368. The van der Waals surface area contributed by atoms with Crippen LogP contribution in [0.25, 0.3) is 23.7 Å². The summed E-state index contributed by atoms with van der Waals surface area (Å²) < 4.78 is 51.3. The van der Waals surface area contributed by atoms with Crippen molar-refractivity contribution in [3.05, 3.63) is 41.9 Å². The molecule has 1 fully saturated rings. The van der Waals surface area contributed by atoms with Crippen LogP contribution in [0.5, 0.6) is 5.75 Å². The predicted molar refractivity (Wildman–Crippen MR) is 97.7 cm³/mol. The molecule has 3 aromatic rings. The lowest BCUT2D eigenvalue weighted by Gasteiger charge is -2.10. The Morgan fingerprint density at radius 1 is 1.17 bits per heavy atom. The van der Waals surface area contributed by atoms with Gasteiger partial charge in [-0.15, -0.1) is 15.3 Å². The van der Waals surface area contributed by atoms with Crippen molar-refractivity contribution < 1.29 is 22.3 Å². The number of aromatic nitrogens is 5. The lowest BCUT2D eigenvalue weighted by Crippen LogP contribution is -2.05. The molecule has 1 aliphatic rings. The third kappa shape index (κ3) is 4.30. The van der Waals surface area contributed by atoms with E-state index < -0.39 is 11.7 Å². The number of hydrogen-bond acceptors (Lipinski definition) is 6. The molecule has 2 heterocycles. The molecule has 0 amide bonds. The minimum absolute atomic E-state index is 0.0759. The largest absolute Gasteiger partial charge is 0.497 e. The SMILES string of the molecule is COc1cc(-c2ncn(/C=C\c3nnc(C4CCCC4)o3)n2)cc(C(F)(F)F)c1. The maximum Gasteiger partial charge on any atom is 0.416 e. The van der Waals surface area contributed by atoms with E-state index in [-0.39, 0.29) is 17.1 Å². The molecule has 29 heavy (non-hydrogen) atoms. The van der Waals surface area contributed by atoms with Crippen molar-refractivity contribution in [3.63, 3.8) is 0 Å². The van der Waals surface area contributed by atoms with Crippen LogP contribution in [0.2, 0.25) is 0 Å². The fourth-order valence-corrected chi connectivity index (χ4v) is 3.28. The van der Waals surface area contributed by atoms with Gasteiger partial charge in [0.15, 0.2) is 5.82 Å². The first-order chi connectivity index (χ1) is 13.9. The van der Waals surface area contributed by atoms with Crippen LogP contribution in [0.15, 0.2) is 28.9 Å². The van der Waals surface area contributed by atoms with Gasteiger partial charge in [0.05, 0.1) is 12.7 Å². The number of nitrogens with zero attached hydrogens (tertiary/aromatic N) is 5. The van der Waals surface area contributed by atoms with E-state index in [9.17, 15) is 13.2 Å². The quantitative estimate of drug-likeness (QED) is 0.615. The highest BCUT2D eigenvalue weighted by atomic mass is 19.4. The van der Waals surface area contributed by atoms with Gasteiger partial charge in [-0.25, -0.2) is 9.67 Å². The van der Waals surface area contributed by atoms with E-state index in [4.69, 9.17) is 9.15 Å². The van der Waals surface area contributed by atoms with Gasteiger partial charge >= 0.3 is 6.18 Å². The second-order valence-electron chi connectivity index (χ2n) is 6.77. The van der Waals surface area contributed by atoms with Crippen molar-refractivity contribution in [1.29, 1.82) is 0 Å². The number of ether oxygens (including phenoxy) is 1. The van der Waals surface area contributed by atoms with Crippen molar-refractivity contribution in [2.75, 3.05) is 7.11 Å². The van der Waals surface area contributed by atoms with Crippen LogP contribution in [-0.4, -0.2) is 32.1 Å². The van der Waals surface area contributed by atoms with Crippen molar-refractivity contribution in [3.8, 4) is 17.1 Å². The summed E-state index contributed by atoms with van der Waals surface area (Å²) in [5, 5.41) is 12.3. The van der Waals surface area contributed by atoms with E-state index >= 15 is 0 Å². The third-order valence-electron chi connectivity index (χ3n) is 4.77. The molecular weight excluding hydrogens is 387 g/mol. The summed E-state index contributed by atoms with van der Waals surface area (Å²) in [4.78, 5) is 4.08. The van der Waals surface area contributed by atoms with Crippen molar-refractivity contribution in [1.82, 2.24) is 25.0 Å². The Balaban J connectivity index is 1.53. The molecule has 2 aromatic heterocycles. The summed E-state index contributed by atoms with van der Waals surface area (Å²) in [6.45, 7) is 0. The first-order valence-corrected chi connectivity index (χ1v) is 9.12. The second kappa shape index (κ2) is 7.69. The summed E-state index contributed by atoms with van der Waals surface area (Å²) in [6, 6.07) is 3.36. The Hall–Kier alpha value is -3.17. The van der Waals surface area contributed by atoms with Gasteiger partial charge in [-0.3, -0.25) is 0 Å². The zero-order valence-corrected chi connectivity index (χ0v) is 15.6. The van der Waals surface area contributed by atoms with Gasteiger partial charge in [-0.05, 0) is 31.0 Å². The molecule has 152 valence electrons. The molecule has 1 saturated carbocycles. The van der Waals surface area contributed by atoms with Gasteiger partial charge in [0, 0.05) is 23.8 Å². The Morgan fingerprint density at radius 2 is 1.97 bits per heavy atom. The zero-order chi connectivity index (χ0) is 20.4. The van der Waals surface area contributed by atoms with Crippen LogP contribution < -0.4 is 4.74 Å². The number of halogens is 3. The maximum atomic E-state index is 13.1. The Bertz CT molecular complexity index is 1020. The van der Waals surface area contributed by atoms with E-state index in [0.29, 0.717) is 17.7 Å². The summed E-state index contributed by atoms with van der Waals surface area (Å²) in [6.07, 6.45) is 4.45. The summed E-state index contributed by atoms with van der Waals surface area (Å²) in [7, 11) is 1.30. The molecule has 0 saturated heterocycles. The van der Waals surface area contributed by atoms with Crippen LogP contribution in [-0.2, 0) is 6.18 Å². The molecule has 1 aromatic carbocycles. The van der Waals surface area contributed by atoms with Crippen LogP contribution >= 0.6 is 0 Å². The first kappa shape index (κ1) is 19.2. The topological polar surface area (TPSA) is 78.9 Å². The van der Waals surface area contributed by atoms with Gasteiger partial charge in [0.25, 0.3) is 0 Å². The molecule has 1 aliphatic carbocycles. The molecule has 0 N–H and O–H groups in total. The molecule has 0 radical (unpaired) electrons. The van der Waals surface area contributed by atoms with Crippen LogP contribution in [0.1, 0.15) is 48.9 Å². The molecule has 7 nitrogen and oxygen atoms in total. The van der Waals surface area contributed by atoms with E-state index in [1.54, 1.807) is 12.3 Å². The summed E-state index contributed by atoms with van der Waals surface area (Å²) in [5.41, 5.74) is -0.630. The predicted octanol–water partition coefficient (Wildman–Crippen LogP) is 4.64. The monoisotopic (exact) mass is 405 g/mol. The molecule has 4 rings (SSSR count). The summed E-state index contributed by atoms with van der Waals surface area (Å²) >= 11 is 0. The molecule has 0 bridgehead atoms. The summed E-state index contributed by atoms with van der Waals surface area (Å²) in [5.74, 6) is 1.50. The average molecular weight is 405 g/mol. The molecular formula is C19H18F3N5O2. The number of rotatable bonds is 5. The van der Waals surface area contributed by atoms with Crippen LogP contribution in [0.3, 0.4) is 0 Å². The van der Waals surface area contributed by atoms with E-state index in [0.717, 1.165) is 25.0 Å². The molecule has 0 aliphatic heterocycles. The zero-order valence-electron chi connectivity index (χ0n) is 15.6. The number of benzene rings is 1. The van der Waals surface area contributed by atoms with Crippen molar-refractivity contribution >= 4 is 12.3 Å². The second-order valence-corrected chi connectivity index (χ2v) is 6.77. The molecule has 10 heteroatoms. The Kier molecular flexibility index (Phi) is 5.08. The average Bonchev–Trinajstić information content (AvgIpc) is 3.46. The maximum absolute atomic E-state index is 13.1. The number of hydrogen-bond donors (Lipinski definition) is 0. The Labute approximate surface area is 164 Å². The van der Waals surface area contributed by atoms with Gasteiger partial charge in [0.2, 0.25) is 11.8 Å². The van der Waals surface area contributed by atoms with Gasteiger partial charge < -0.3 is 9.15 Å². The normalized spacial score (nSPS) is 15.4. The molecule has 0 spiro atoms. The van der Waals surface area contributed by atoms with Gasteiger partial charge in [-0.1, -0.05) is 12.8 Å². The first-order valence-electron chi connectivity index (χ1n) is 9.12. The van der Waals surface area contributed by atoms with E-state index in [2.05, 4.69) is 20.3 Å². The lowest BCUT2D eigenvalue weighted by atomic mass is 10.1. The van der Waals surface area contributed by atoms with E-state index in [1.807, 2.05) is 0 Å². The minimum Gasteiger partial charge on any atom is -0.497 e. The fourth-order valence-electron chi connectivity index (χ4n) is 3.28. The van der Waals surface area contributed by atoms with Crippen LogP contribution in [0, 0.1) is 0 Å². The van der Waals surface area contributed by atoms with Gasteiger partial charge in [0.1, 0.15) is 12.1 Å². The number of alkyl halides is 3. The molecule has 0 unspecified atom stereocenters. The smallest absolute Gasteiger partial charge is 0.416 e. The van der Waals surface area contributed by atoms with Gasteiger partial charge in [-0.2, -0.15) is 13.2 Å². The standard InChI is InChI=1S/C19H18F3N5O2/c1-28-15-9-13(8-14(10-15)19(20,21)22)17-23-11-27(26-17)7-6-16-24-25-18(29-16)12-4-2-3-5-12/h6-12H,2-5H2,1H3/b7-6-. The highest BCUT2D eigenvalue weighted by molar-refractivity contribution is 5.60. The van der Waals surface area contributed by atoms with Crippen molar-refractivity contribution in [2.24, 2.45) is 0 Å². The highest BCUT2D eigenvalue weighted by Gasteiger charge is 2.32. The van der Waals surface area contributed by atoms with E-state index in [1.165, 1.54) is 37.0 Å². The third-order valence-corrected chi connectivity index (χ3v) is 4.77. The number of methoxy groups -OCH3 is 1. The van der Waals surface area contributed by atoms with Crippen LogP contribution in [0.4, 0.5) is 13.2 Å². The molecule has 0 atom stereocenters. The highest BCUT2D eigenvalue weighted by Crippen LogP contribution is 2.35. The lowest BCUT2D eigenvalue weighted by molar-refractivity contribution is -0.137.